The summed E-state index contributed by atoms with van der Waals surface area (Å²) in [7, 11) is -3.96. The molecule has 1 aliphatic carbocycles. The summed E-state index contributed by atoms with van der Waals surface area (Å²) in [6.45, 7) is 2.63. The standard InChI is InChI=1S/C13H16BrClN2O3S/c1-2-5-17(9-3-4-9)13(18)8-6-10(15)12(14)11(7-8)21(16,19)20/h6-7,9H,2-5H2,1H3,(H2,16,19,20). The van der Waals surface area contributed by atoms with Crippen molar-refractivity contribution >= 4 is 43.5 Å². The van der Waals surface area contributed by atoms with Crippen LogP contribution in [0.1, 0.15) is 36.5 Å². The van der Waals surface area contributed by atoms with E-state index in [0.717, 1.165) is 19.3 Å². The number of nitrogens with two attached hydrogens (primary N) is 1. The molecule has 1 fully saturated rings. The van der Waals surface area contributed by atoms with Crippen molar-refractivity contribution < 1.29 is 13.2 Å². The molecule has 0 aliphatic heterocycles. The minimum atomic E-state index is -3.96. The van der Waals surface area contributed by atoms with E-state index in [2.05, 4.69) is 15.9 Å². The summed E-state index contributed by atoms with van der Waals surface area (Å²) in [5.41, 5.74) is 0.243. The van der Waals surface area contributed by atoms with Gasteiger partial charge in [-0.3, -0.25) is 4.79 Å². The lowest BCUT2D eigenvalue weighted by Gasteiger charge is -2.22. The van der Waals surface area contributed by atoms with Crippen LogP contribution in [0.3, 0.4) is 0 Å². The van der Waals surface area contributed by atoms with E-state index in [4.69, 9.17) is 16.7 Å². The number of benzene rings is 1. The first-order chi connectivity index (χ1) is 9.75. The third-order valence-electron chi connectivity index (χ3n) is 3.26. The molecular formula is C13H16BrClN2O3S. The largest absolute Gasteiger partial charge is 0.336 e. The average molecular weight is 396 g/mol. The molecule has 116 valence electrons. The Hall–Kier alpha value is -0.630. The molecule has 1 saturated carbocycles. The SMILES string of the molecule is CCCN(C(=O)c1cc(Cl)c(Br)c(S(N)(=O)=O)c1)C1CC1. The van der Waals surface area contributed by atoms with E-state index in [9.17, 15) is 13.2 Å². The second-order valence-corrected chi connectivity index (χ2v) is 7.77. The van der Waals surface area contributed by atoms with E-state index in [-0.39, 0.29) is 31.9 Å². The fourth-order valence-electron chi connectivity index (χ4n) is 2.14. The van der Waals surface area contributed by atoms with Gasteiger partial charge in [-0.05, 0) is 47.3 Å². The predicted molar refractivity (Wildman–Crippen MR) is 84.9 cm³/mol. The molecule has 0 unspecified atom stereocenters. The van der Waals surface area contributed by atoms with Crippen LogP contribution in [0.25, 0.3) is 0 Å². The molecular weight excluding hydrogens is 380 g/mol. The molecule has 1 aromatic carbocycles. The first kappa shape index (κ1) is 16.7. The highest BCUT2D eigenvalue weighted by atomic mass is 79.9. The number of hydrogen-bond donors (Lipinski definition) is 1. The fourth-order valence-corrected chi connectivity index (χ4v) is 3.97. The maximum absolute atomic E-state index is 12.6. The molecule has 0 spiro atoms. The quantitative estimate of drug-likeness (QED) is 0.832. The number of carbonyl (C=O) groups is 1. The van der Waals surface area contributed by atoms with Crippen LogP contribution in [0.5, 0.6) is 0 Å². The molecule has 1 aromatic rings. The predicted octanol–water partition coefficient (Wildman–Crippen LogP) is 2.76. The van der Waals surface area contributed by atoms with Crippen molar-refractivity contribution in [1.29, 1.82) is 0 Å². The smallest absolute Gasteiger partial charge is 0.254 e. The Bertz CT molecular complexity index is 674. The van der Waals surface area contributed by atoms with Gasteiger partial charge in [0.2, 0.25) is 10.0 Å². The van der Waals surface area contributed by atoms with Crippen molar-refractivity contribution in [3.05, 3.63) is 27.2 Å². The van der Waals surface area contributed by atoms with E-state index >= 15 is 0 Å². The summed E-state index contributed by atoms with van der Waals surface area (Å²) in [5.74, 6) is -0.210. The lowest BCUT2D eigenvalue weighted by atomic mass is 10.2. The summed E-state index contributed by atoms with van der Waals surface area (Å²) in [6.07, 6.45) is 2.81. The number of rotatable bonds is 5. The van der Waals surface area contributed by atoms with E-state index < -0.39 is 10.0 Å². The van der Waals surface area contributed by atoms with Crippen LogP contribution in [0, 0.1) is 0 Å². The highest BCUT2D eigenvalue weighted by Crippen LogP contribution is 2.33. The van der Waals surface area contributed by atoms with Crippen molar-refractivity contribution in [2.24, 2.45) is 5.14 Å². The second kappa shape index (κ2) is 6.24. The summed E-state index contributed by atoms with van der Waals surface area (Å²) in [5, 5.41) is 5.31. The van der Waals surface area contributed by atoms with E-state index in [0.29, 0.717) is 6.54 Å². The normalized spacial score (nSPS) is 15.0. The van der Waals surface area contributed by atoms with Crippen LogP contribution in [-0.2, 0) is 10.0 Å². The van der Waals surface area contributed by atoms with Gasteiger partial charge >= 0.3 is 0 Å². The zero-order valence-corrected chi connectivity index (χ0v) is 14.6. The Balaban J connectivity index is 2.44. The molecule has 8 heteroatoms. The molecule has 0 bridgehead atoms. The summed E-state index contributed by atoms with van der Waals surface area (Å²) in [4.78, 5) is 14.2. The summed E-state index contributed by atoms with van der Waals surface area (Å²) < 4.78 is 23.4. The molecule has 0 atom stereocenters. The van der Waals surface area contributed by atoms with Gasteiger partial charge in [-0.25, -0.2) is 13.6 Å². The van der Waals surface area contributed by atoms with Crippen LogP contribution in [0.2, 0.25) is 5.02 Å². The highest BCUT2D eigenvalue weighted by molar-refractivity contribution is 9.10. The maximum Gasteiger partial charge on any atom is 0.254 e. The van der Waals surface area contributed by atoms with Crippen LogP contribution in [0.4, 0.5) is 0 Å². The van der Waals surface area contributed by atoms with Crippen LogP contribution < -0.4 is 5.14 Å². The van der Waals surface area contributed by atoms with Crippen molar-refractivity contribution in [3.63, 3.8) is 0 Å². The summed E-state index contributed by atoms with van der Waals surface area (Å²) >= 11 is 9.10. The van der Waals surface area contributed by atoms with Gasteiger partial charge in [-0.2, -0.15) is 0 Å². The molecule has 0 heterocycles. The summed E-state index contributed by atoms with van der Waals surface area (Å²) in [6, 6.07) is 2.99. The second-order valence-electron chi connectivity index (χ2n) is 5.04. The van der Waals surface area contributed by atoms with Crippen molar-refractivity contribution in [3.8, 4) is 0 Å². The van der Waals surface area contributed by atoms with Gasteiger partial charge in [-0.1, -0.05) is 18.5 Å². The first-order valence-corrected chi connectivity index (χ1v) is 9.30. The van der Waals surface area contributed by atoms with Gasteiger partial charge in [0.05, 0.1) is 14.4 Å². The number of primary sulfonamides is 1. The third kappa shape index (κ3) is 3.77. The van der Waals surface area contributed by atoms with E-state index in [1.165, 1.54) is 12.1 Å². The maximum atomic E-state index is 12.6. The Kier molecular flexibility index (Phi) is 4.97. The van der Waals surface area contributed by atoms with Crippen LogP contribution in [-0.4, -0.2) is 31.8 Å². The number of carbonyl (C=O) groups excluding carboxylic acids is 1. The lowest BCUT2D eigenvalue weighted by molar-refractivity contribution is 0.0743. The molecule has 2 rings (SSSR count). The van der Waals surface area contributed by atoms with Crippen molar-refractivity contribution in [2.45, 2.75) is 37.1 Å². The molecule has 2 N–H and O–H groups in total. The number of nitrogens with zero attached hydrogens (tertiary/aromatic N) is 1. The molecule has 0 radical (unpaired) electrons. The van der Waals surface area contributed by atoms with Gasteiger partial charge in [0.15, 0.2) is 0 Å². The van der Waals surface area contributed by atoms with Crippen LogP contribution in [0.15, 0.2) is 21.5 Å². The average Bonchev–Trinajstić information content (AvgIpc) is 3.21. The number of amides is 1. The molecule has 0 saturated heterocycles. The van der Waals surface area contributed by atoms with Crippen LogP contribution >= 0.6 is 27.5 Å². The molecule has 21 heavy (non-hydrogen) atoms. The Morgan fingerprint density at radius 3 is 2.57 bits per heavy atom. The topological polar surface area (TPSA) is 80.5 Å². The zero-order chi connectivity index (χ0) is 15.8. The van der Waals surface area contributed by atoms with Crippen molar-refractivity contribution in [1.82, 2.24) is 4.90 Å². The highest BCUT2D eigenvalue weighted by Gasteiger charge is 2.33. The van der Waals surface area contributed by atoms with E-state index in [1.54, 1.807) is 4.90 Å². The van der Waals surface area contributed by atoms with Gasteiger partial charge in [-0.15, -0.1) is 0 Å². The minimum absolute atomic E-state index is 0.150. The minimum Gasteiger partial charge on any atom is -0.336 e. The Morgan fingerprint density at radius 2 is 2.10 bits per heavy atom. The number of hydrogen-bond acceptors (Lipinski definition) is 3. The molecule has 1 amide bonds. The monoisotopic (exact) mass is 394 g/mol. The Labute approximate surface area is 137 Å². The van der Waals surface area contributed by atoms with Gasteiger partial charge < -0.3 is 4.90 Å². The third-order valence-corrected chi connectivity index (χ3v) is 5.84. The molecule has 0 aromatic heterocycles. The van der Waals surface area contributed by atoms with Gasteiger partial charge in [0.1, 0.15) is 0 Å². The number of sulfonamides is 1. The first-order valence-electron chi connectivity index (χ1n) is 6.58. The number of halogens is 2. The fraction of sp³-hybridized carbons (Fsp3) is 0.462. The zero-order valence-electron chi connectivity index (χ0n) is 11.5. The Morgan fingerprint density at radius 1 is 1.48 bits per heavy atom. The van der Waals surface area contributed by atoms with Gasteiger partial charge in [0, 0.05) is 18.2 Å². The van der Waals surface area contributed by atoms with Gasteiger partial charge in [0.25, 0.3) is 5.91 Å². The lowest BCUT2D eigenvalue weighted by Crippen LogP contribution is -2.34. The molecule has 1 aliphatic rings. The van der Waals surface area contributed by atoms with Crippen molar-refractivity contribution in [2.75, 3.05) is 6.54 Å². The molecule has 5 nitrogen and oxygen atoms in total. The van der Waals surface area contributed by atoms with E-state index in [1.807, 2.05) is 6.92 Å².